The van der Waals surface area contributed by atoms with Crippen LogP contribution in [0.1, 0.15) is 12.0 Å². The van der Waals surface area contributed by atoms with E-state index in [-0.39, 0.29) is 24.5 Å². The third kappa shape index (κ3) is 3.42. The molecule has 0 saturated heterocycles. The van der Waals surface area contributed by atoms with Gasteiger partial charge in [-0.2, -0.15) is 0 Å². The van der Waals surface area contributed by atoms with E-state index in [4.69, 9.17) is 15.6 Å². The number of carboxylic acids is 1. The Morgan fingerprint density at radius 1 is 1.61 bits per heavy atom. The minimum atomic E-state index is -1.13. The van der Waals surface area contributed by atoms with Crippen LogP contribution in [-0.4, -0.2) is 28.6 Å². The predicted octanol–water partition coefficient (Wildman–Crippen LogP) is 1.08. The number of nitro groups is 1. The fourth-order valence-electron chi connectivity index (χ4n) is 1.40. The maximum atomic E-state index is 10.9. The van der Waals surface area contributed by atoms with Crippen LogP contribution in [0.15, 0.2) is 18.2 Å². The number of hydrogen-bond acceptors (Lipinski definition) is 5. The number of aliphatic carboxylic acids is 1. The highest BCUT2D eigenvalue weighted by molar-refractivity contribution is 5.72. The predicted molar refractivity (Wildman–Crippen MR) is 63.6 cm³/mol. The Labute approximate surface area is 103 Å². The number of para-hydroxylation sites is 1. The monoisotopic (exact) mass is 254 g/mol. The minimum absolute atomic E-state index is 0.0117. The average molecular weight is 254 g/mol. The Kier molecular flexibility index (Phi) is 4.61. The molecule has 98 valence electrons. The van der Waals surface area contributed by atoms with Gasteiger partial charge in [-0.25, -0.2) is 0 Å². The topological polar surface area (TPSA) is 116 Å². The van der Waals surface area contributed by atoms with E-state index in [0.29, 0.717) is 5.56 Å². The zero-order chi connectivity index (χ0) is 13.7. The van der Waals surface area contributed by atoms with Crippen LogP contribution in [0.5, 0.6) is 5.75 Å². The van der Waals surface area contributed by atoms with E-state index in [9.17, 15) is 14.9 Å². The summed E-state index contributed by atoms with van der Waals surface area (Å²) in [6.45, 7) is 1.62. The van der Waals surface area contributed by atoms with Gasteiger partial charge in [0.25, 0.3) is 0 Å². The summed E-state index contributed by atoms with van der Waals surface area (Å²) in [6.07, 6.45) is 0.0838. The summed E-state index contributed by atoms with van der Waals surface area (Å²) in [5.74, 6) is -1.00. The number of hydrogen-bond donors (Lipinski definition) is 2. The second kappa shape index (κ2) is 5.97. The zero-order valence-electron chi connectivity index (χ0n) is 9.83. The highest BCUT2D eigenvalue weighted by atomic mass is 16.6. The molecule has 0 bridgehead atoms. The number of ether oxygens (including phenoxy) is 1. The Bertz CT molecular complexity index is 461. The van der Waals surface area contributed by atoms with E-state index in [1.165, 1.54) is 6.07 Å². The standard InChI is InChI=1S/C11H14N2O5/c1-7-3-2-4-9(10(7)13(16)17)18-6-5-8(12)11(14)15/h2-4,8H,5-6,12H2,1H3,(H,14,15). The minimum Gasteiger partial charge on any atom is -0.487 e. The summed E-state index contributed by atoms with van der Waals surface area (Å²) < 4.78 is 5.22. The molecule has 1 unspecified atom stereocenters. The smallest absolute Gasteiger partial charge is 0.320 e. The van der Waals surface area contributed by atoms with Crippen LogP contribution in [0.4, 0.5) is 5.69 Å². The van der Waals surface area contributed by atoms with Gasteiger partial charge in [-0.1, -0.05) is 12.1 Å². The van der Waals surface area contributed by atoms with E-state index in [2.05, 4.69) is 0 Å². The van der Waals surface area contributed by atoms with Gasteiger partial charge >= 0.3 is 11.7 Å². The fourth-order valence-corrected chi connectivity index (χ4v) is 1.40. The Hall–Kier alpha value is -2.15. The van der Waals surface area contributed by atoms with Crippen LogP contribution < -0.4 is 10.5 Å². The lowest BCUT2D eigenvalue weighted by Gasteiger charge is -2.09. The van der Waals surface area contributed by atoms with E-state index >= 15 is 0 Å². The van der Waals surface area contributed by atoms with Crippen LogP contribution in [-0.2, 0) is 4.79 Å². The van der Waals surface area contributed by atoms with Crippen LogP contribution in [0.3, 0.4) is 0 Å². The third-order valence-corrected chi connectivity index (χ3v) is 2.39. The molecule has 1 rings (SSSR count). The average Bonchev–Trinajstić information content (AvgIpc) is 2.28. The van der Waals surface area contributed by atoms with Crippen molar-refractivity contribution in [3.8, 4) is 5.75 Å². The molecule has 0 aliphatic rings. The van der Waals surface area contributed by atoms with Crippen molar-refractivity contribution in [3.63, 3.8) is 0 Å². The number of carboxylic acid groups (broad SMARTS) is 1. The van der Waals surface area contributed by atoms with Gasteiger partial charge in [-0.15, -0.1) is 0 Å². The van der Waals surface area contributed by atoms with Crippen molar-refractivity contribution in [3.05, 3.63) is 33.9 Å². The first-order valence-corrected chi connectivity index (χ1v) is 5.28. The van der Waals surface area contributed by atoms with Crippen LogP contribution in [0.25, 0.3) is 0 Å². The largest absolute Gasteiger partial charge is 0.487 e. The summed E-state index contributed by atoms with van der Waals surface area (Å²) in [5.41, 5.74) is 5.67. The number of rotatable bonds is 6. The lowest BCUT2D eigenvalue weighted by Crippen LogP contribution is -2.31. The fraction of sp³-hybridized carbons (Fsp3) is 0.364. The summed E-state index contributed by atoms with van der Waals surface area (Å²) >= 11 is 0. The van der Waals surface area contributed by atoms with Crippen LogP contribution >= 0.6 is 0 Å². The lowest BCUT2D eigenvalue weighted by molar-refractivity contribution is -0.386. The molecule has 0 aliphatic heterocycles. The van der Waals surface area contributed by atoms with Gasteiger partial charge in [-0.05, 0) is 13.0 Å². The third-order valence-electron chi connectivity index (χ3n) is 2.39. The van der Waals surface area contributed by atoms with Gasteiger partial charge in [-0.3, -0.25) is 14.9 Å². The first-order chi connectivity index (χ1) is 8.43. The highest BCUT2D eigenvalue weighted by Crippen LogP contribution is 2.30. The number of nitrogens with two attached hydrogens (primary N) is 1. The van der Waals surface area contributed by atoms with Gasteiger partial charge in [0.1, 0.15) is 6.04 Å². The van der Waals surface area contributed by atoms with Crippen molar-refractivity contribution in [1.82, 2.24) is 0 Å². The Morgan fingerprint density at radius 3 is 2.83 bits per heavy atom. The van der Waals surface area contributed by atoms with Crippen molar-refractivity contribution in [2.75, 3.05) is 6.61 Å². The van der Waals surface area contributed by atoms with Gasteiger partial charge in [0.15, 0.2) is 5.75 Å². The maximum absolute atomic E-state index is 10.9. The molecular weight excluding hydrogens is 240 g/mol. The number of benzene rings is 1. The Morgan fingerprint density at radius 2 is 2.28 bits per heavy atom. The highest BCUT2D eigenvalue weighted by Gasteiger charge is 2.18. The summed E-state index contributed by atoms with van der Waals surface area (Å²) in [7, 11) is 0. The Balaban J connectivity index is 2.71. The molecule has 0 fully saturated rings. The maximum Gasteiger partial charge on any atom is 0.320 e. The molecular formula is C11H14N2O5. The molecule has 1 aromatic carbocycles. The number of nitro benzene ring substituents is 1. The van der Waals surface area contributed by atoms with E-state index in [0.717, 1.165) is 0 Å². The summed E-state index contributed by atoms with van der Waals surface area (Å²) in [5, 5.41) is 19.4. The SMILES string of the molecule is Cc1cccc(OCCC(N)C(=O)O)c1[N+](=O)[O-]. The van der Waals surface area contributed by atoms with Crippen molar-refractivity contribution in [2.24, 2.45) is 5.73 Å². The van der Waals surface area contributed by atoms with Crippen molar-refractivity contribution in [2.45, 2.75) is 19.4 Å². The zero-order valence-corrected chi connectivity index (χ0v) is 9.83. The first-order valence-electron chi connectivity index (χ1n) is 5.28. The van der Waals surface area contributed by atoms with Crippen molar-refractivity contribution in [1.29, 1.82) is 0 Å². The molecule has 7 nitrogen and oxygen atoms in total. The number of carbonyl (C=O) groups is 1. The van der Waals surface area contributed by atoms with E-state index in [1.807, 2.05) is 0 Å². The molecule has 3 N–H and O–H groups in total. The second-order valence-electron chi connectivity index (χ2n) is 3.76. The van der Waals surface area contributed by atoms with Gasteiger partial charge in [0.05, 0.1) is 11.5 Å². The molecule has 7 heteroatoms. The molecule has 1 aromatic rings. The van der Waals surface area contributed by atoms with Crippen LogP contribution in [0, 0.1) is 17.0 Å². The van der Waals surface area contributed by atoms with E-state index in [1.54, 1.807) is 19.1 Å². The summed E-state index contributed by atoms with van der Waals surface area (Å²) in [4.78, 5) is 20.8. The molecule has 0 spiro atoms. The van der Waals surface area contributed by atoms with E-state index < -0.39 is 16.9 Å². The molecule has 0 radical (unpaired) electrons. The molecule has 0 saturated carbocycles. The second-order valence-corrected chi connectivity index (χ2v) is 3.76. The first kappa shape index (κ1) is 13.9. The van der Waals surface area contributed by atoms with Crippen molar-refractivity contribution >= 4 is 11.7 Å². The van der Waals surface area contributed by atoms with Gasteiger partial charge in [0.2, 0.25) is 0 Å². The number of aryl methyl sites for hydroxylation is 1. The molecule has 1 atom stereocenters. The summed E-state index contributed by atoms with van der Waals surface area (Å²) in [6, 6.07) is 3.68. The molecule has 0 amide bonds. The quantitative estimate of drug-likeness (QED) is 0.579. The molecule has 0 aliphatic carbocycles. The van der Waals surface area contributed by atoms with Crippen LogP contribution in [0.2, 0.25) is 0 Å². The molecule has 0 aromatic heterocycles. The van der Waals surface area contributed by atoms with Gasteiger partial charge in [0, 0.05) is 12.0 Å². The van der Waals surface area contributed by atoms with Crippen molar-refractivity contribution < 1.29 is 19.6 Å². The van der Waals surface area contributed by atoms with Gasteiger partial charge < -0.3 is 15.6 Å². The lowest BCUT2D eigenvalue weighted by atomic mass is 10.2. The molecule has 18 heavy (non-hydrogen) atoms. The number of nitrogens with zero attached hydrogens (tertiary/aromatic N) is 1. The normalized spacial score (nSPS) is 11.9. The molecule has 0 heterocycles.